The number of nitrogens with two attached hydrogens (primary N) is 1. The van der Waals surface area contributed by atoms with Crippen molar-refractivity contribution in [3.63, 3.8) is 0 Å². The van der Waals surface area contributed by atoms with Crippen molar-refractivity contribution >= 4 is 23.0 Å². The zero-order chi connectivity index (χ0) is 17.1. The van der Waals surface area contributed by atoms with Gasteiger partial charge in [0.1, 0.15) is 5.75 Å². The highest BCUT2D eigenvalue weighted by Gasteiger charge is 2.22. The lowest BCUT2D eigenvalue weighted by Crippen LogP contribution is -2.29. The Morgan fingerprint density at radius 3 is 2.42 bits per heavy atom. The van der Waals surface area contributed by atoms with Gasteiger partial charge in [0.05, 0.1) is 18.5 Å². The summed E-state index contributed by atoms with van der Waals surface area (Å²) < 4.78 is 5.35. The average molecular weight is 325 g/mol. The number of carbonyl (C=O) groups excluding carboxylic acids is 1. The summed E-state index contributed by atoms with van der Waals surface area (Å²) >= 11 is 0. The molecular formula is C19H23N3O2. The van der Waals surface area contributed by atoms with Gasteiger partial charge in [-0.15, -0.1) is 0 Å². The van der Waals surface area contributed by atoms with Gasteiger partial charge in [-0.2, -0.15) is 0 Å². The first-order valence-corrected chi connectivity index (χ1v) is 8.17. The van der Waals surface area contributed by atoms with Crippen LogP contribution in [-0.2, 0) is 0 Å². The lowest BCUT2D eigenvalue weighted by molar-refractivity contribution is 0.0993. The van der Waals surface area contributed by atoms with Gasteiger partial charge in [0.25, 0.3) is 5.91 Å². The van der Waals surface area contributed by atoms with Crippen LogP contribution < -0.4 is 20.3 Å². The zero-order valence-corrected chi connectivity index (χ0v) is 14.2. The molecule has 2 N–H and O–H groups in total. The largest absolute Gasteiger partial charge is 0.497 e. The topological polar surface area (TPSA) is 58.8 Å². The highest BCUT2D eigenvalue weighted by Crippen LogP contribution is 2.35. The fraction of sp³-hybridized carbons (Fsp3) is 0.316. The maximum absolute atomic E-state index is 12.8. The van der Waals surface area contributed by atoms with Crippen molar-refractivity contribution < 1.29 is 9.53 Å². The molecule has 5 heteroatoms. The highest BCUT2D eigenvalue weighted by atomic mass is 16.5. The number of hydrogen-bond donors (Lipinski definition) is 1. The molecule has 1 heterocycles. The van der Waals surface area contributed by atoms with Gasteiger partial charge in [-0.1, -0.05) is 0 Å². The van der Waals surface area contributed by atoms with Crippen LogP contribution in [0.2, 0.25) is 0 Å². The molecule has 5 nitrogen and oxygen atoms in total. The minimum absolute atomic E-state index is 0.0660. The van der Waals surface area contributed by atoms with Gasteiger partial charge in [-0.25, -0.2) is 0 Å². The number of hydrogen-bond acceptors (Lipinski definition) is 4. The summed E-state index contributed by atoms with van der Waals surface area (Å²) in [6, 6.07) is 12.9. The molecule has 0 saturated carbocycles. The van der Waals surface area contributed by atoms with Gasteiger partial charge < -0.3 is 20.3 Å². The lowest BCUT2D eigenvalue weighted by atomic mass is 10.1. The maximum Gasteiger partial charge on any atom is 0.258 e. The fourth-order valence-corrected chi connectivity index (χ4v) is 3.05. The Balaban J connectivity index is 1.96. The Bertz CT molecular complexity index is 722. The molecule has 2 aromatic rings. The molecule has 3 rings (SSSR count). The predicted molar refractivity (Wildman–Crippen MR) is 98.0 cm³/mol. The van der Waals surface area contributed by atoms with Gasteiger partial charge in [0, 0.05) is 37.5 Å². The summed E-state index contributed by atoms with van der Waals surface area (Å²) in [4.78, 5) is 16.9. The van der Waals surface area contributed by atoms with Crippen LogP contribution in [0, 0.1) is 0 Å². The number of anilines is 3. The summed E-state index contributed by atoms with van der Waals surface area (Å²) in [6.07, 6.45) is 2.36. The van der Waals surface area contributed by atoms with Crippen LogP contribution in [0.3, 0.4) is 0 Å². The van der Waals surface area contributed by atoms with Crippen molar-refractivity contribution in [1.29, 1.82) is 0 Å². The summed E-state index contributed by atoms with van der Waals surface area (Å²) in [7, 11) is 3.43. The predicted octanol–water partition coefficient (Wildman–Crippen LogP) is 3.15. The molecule has 0 unspecified atom stereocenters. The molecule has 0 aliphatic carbocycles. The van der Waals surface area contributed by atoms with E-state index in [4.69, 9.17) is 10.5 Å². The molecule has 1 saturated heterocycles. The average Bonchev–Trinajstić information content (AvgIpc) is 3.15. The number of rotatable bonds is 4. The summed E-state index contributed by atoms with van der Waals surface area (Å²) in [5.74, 6) is 0.675. The summed E-state index contributed by atoms with van der Waals surface area (Å²) in [6.45, 7) is 2.03. The van der Waals surface area contributed by atoms with E-state index in [9.17, 15) is 4.79 Å². The van der Waals surface area contributed by atoms with Crippen LogP contribution in [0.4, 0.5) is 17.1 Å². The number of methoxy groups -OCH3 is 1. The number of carbonyl (C=O) groups is 1. The molecule has 1 amide bonds. The van der Waals surface area contributed by atoms with Crippen LogP contribution in [0.1, 0.15) is 23.2 Å². The minimum Gasteiger partial charge on any atom is -0.497 e. The molecule has 1 aliphatic heterocycles. The smallest absolute Gasteiger partial charge is 0.258 e. The maximum atomic E-state index is 12.8. The number of amides is 1. The van der Waals surface area contributed by atoms with E-state index in [1.54, 1.807) is 43.3 Å². The first-order chi connectivity index (χ1) is 11.6. The lowest BCUT2D eigenvalue weighted by Gasteiger charge is -2.27. The quantitative estimate of drug-likeness (QED) is 0.877. The zero-order valence-electron chi connectivity index (χ0n) is 14.2. The number of benzene rings is 2. The number of nitrogen functional groups attached to an aromatic ring is 1. The molecule has 0 atom stereocenters. The van der Waals surface area contributed by atoms with Crippen LogP contribution in [0.25, 0.3) is 0 Å². The molecule has 0 aromatic heterocycles. The van der Waals surface area contributed by atoms with Crippen LogP contribution >= 0.6 is 0 Å². The van der Waals surface area contributed by atoms with Crippen LogP contribution in [0.15, 0.2) is 42.5 Å². The third-order valence-electron chi connectivity index (χ3n) is 4.45. The Morgan fingerprint density at radius 1 is 1.12 bits per heavy atom. The number of nitrogens with zero attached hydrogens (tertiary/aromatic N) is 2. The standard InChI is InChI=1S/C19H23N3O2/c1-21(19(23)14-5-7-15(20)8-6-14)18-13-16(24-2)9-10-17(18)22-11-3-4-12-22/h5-10,13H,3-4,11-12,20H2,1-2H3. The second-order valence-electron chi connectivity index (χ2n) is 6.03. The first kappa shape index (κ1) is 16.2. The minimum atomic E-state index is -0.0660. The second-order valence-corrected chi connectivity index (χ2v) is 6.03. The first-order valence-electron chi connectivity index (χ1n) is 8.17. The SMILES string of the molecule is COc1ccc(N2CCCC2)c(N(C)C(=O)c2ccc(N)cc2)c1. The van der Waals surface area contributed by atoms with E-state index >= 15 is 0 Å². The molecule has 2 aromatic carbocycles. The Hall–Kier alpha value is -2.69. The van der Waals surface area contributed by atoms with Gasteiger partial charge in [0.15, 0.2) is 0 Å². The Labute approximate surface area is 142 Å². The highest BCUT2D eigenvalue weighted by molar-refractivity contribution is 6.07. The van der Waals surface area contributed by atoms with Gasteiger partial charge >= 0.3 is 0 Å². The van der Waals surface area contributed by atoms with Crippen LogP contribution in [-0.4, -0.2) is 33.2 Å². The van der Waals surface area contributed by atoms with E-state index < -0.39 is 0 Å². The van der Waals surface area contributed by atoms with E-state index in [1.807, 2.05) is 18.2 Å². The van der Waals surface area contributed by atoms with Crippen molar-refractivity contribution in [2.75, 3.05) is 42.8 Å². The van der Waals surface area contributed by atoms with Crippen molar-refractivity contribution in [2.24, 2.45) is 0 Å². The Kier molecular flexibility index (Phi) is 4.60. The monoisotopic (exact) mass is 325 g/mol. The molecule has 1 fully saturated rings. The van der Waals surface area contributed by atoms with E-state index in [1.165, 1.54) is 12.8 Å². The van der Waals surface area contributed by atoms with Gasteiger partial charge in [-0.05, 0) is 49.2 Å². The van der Waals surface area contributed by atoms with Crippen molar-refractivity contribution in [1.82, 2.24) is 0 Å². The van der Waals surface area contributed by atoms with Gasteiger partial charge in [-0.3, -0.25) is 4.79 Å². The van der Waals surface area contributed by atoms with Crippen LogP contribution in [0.5, 0.6) is 5.75 Å². The summed E-state index contributed by atoms with van der Waals surface area (Å²) in [5.41, 5.74) is 8.90. The fourth-order valence-electron chi connectivity index (χ4n) is 3.05. The van der Waals surface area contributed by atoms with Crippen molar-refractivity contribution in [3.05, 3.63) is 48.0 Å². The van der Waals surface area contributed by atoms with E-state index in [0.717, 1.165) is 30.2 Å². The van der Waals surface area contributed by atoms with Crippen molar-refractivity contribution in [2.45, 2.75) is 12.8 Å². The normalized spacial score (nSPS) is 13.8. The second kappa shape index (κ2) is 6.83. The number of ether oxygens (including phenoxy) is 1. The van der Waals surface area contributed by atoms with Gasteiger partial charge in [0.2, 0.25) is 0 Å². The molecule has 0 radical (unpaired) electrons. The third kappa shape index (κ3) is 3.15. The molecule has 24 heavy (non-hydrogen) atoms. The molecule has 126 valence electrons. The molecule has 0 bridgehead atoms. The van der Waals surface area contributed by atoms with E-state index in [0.29, 0.717) is 11.3 Å². The van der Waals surface area contributed by atoms with Crippen molar-refractivity contribution in [3.8, 4) is 5.75 Å². The molecule has 0 spiro atoms. The summed E-state index contributed by atoms with van der Waals surface area (Å²) in [5, 5.41) is 0. The molecule has 1 aliphatic rings. The Morgan fingerprint density at radius 2 is 1.79 bits per heavy atom. The van der Waals surface area contributed by atoms with E-state index in [2.05, 4.69) is 4.90 Å². The van der Waals surface area contributed by atoms with E-state index in [-0.39, 0.29) is 5.91 Å². The third-order valence-corrected chi connectivity index (χ3v) is 4.45. The molecular weight excluding hydrogens is 302 g/mol.